The number of aromatic nitrogens is 4. The van der Waals surface area contributed by atoms with Crippen molar-refractivity contribution in [2.75, 3.05) is 5.32 Å². The monoisotopic (exact) mass is 399 g/mol. The Balaban J connectivity index is 1.56. The van der Waals surface area contributed by atoms with Crippen molar-refractivity contribution in [3.05, 3.63) is 88.6 Å². The van der Waals surface area contributed by atoms with Gasteiger partial charge in [-0.3, -0.25) is 10.1 Å². The summed E-state index contributed by atoms with van der Waals surface area (Å²) >= 11 is 0. The van der Waals surface area contributed by atoms with Gasteiger partial charge in [0.05, 0.1) is 11.9 Å². The minimum Gasteiger partial charge on any atom is -0.348 e. The Kier molecular flexibility index (Phi) is 5.23. The number of carbonyl (C=O) groups is 1. The van der Waals surface area contributed by atoms with Crippen molar-refractivity contribution < 1.29 is 4.79 Å². The molecule has 6 nitrogen and oxygen atoms in total. The van der Waals surface area contributed by atoms with Gasteiger partial charge in [0.25, 0.3) is 5.91 Å². The van der Waals surface area contributed by atoms with E-state index in [0.29, 0.717) is 17.9 Å². The molecule has 2 heterocycles. The number of anilines is 1. The van der Waals surface area contributed by atoms with E-state index in [1.165, 1.54) is 16.7 Å². The second-order valence-electron chi connectivity index (χ2n) is 7.64. The van der Waals surface area contributed by atoms with Crippen molar-refractivity contribution in [1.29, 1.82) is 0 Å². The molecule has 2 aromatic heterocycles. The summed E-state index contributed by atoms with van der Waals surface area (Å²) in [4.78, 5) is 24.6. The van der Waals surface area contributed by atoms with Crippen LogP contribution in [0.2, 0.25) is 0 Å². The lowest BCUT2D eigenvalue weighted by Crippen LogP contribution is -2.15. The topological polar surface area (TPSA) is 75.6 Å². The maximum absolute atomic E-state index is 12.8. The first-order chi connectivity index (χ1) is 14.4. The molecule has 2 N–H and O–H groups in total. The first-order valence-corrected chi connectivity index (χ1v) is 9.91. The van der Waals surface area contributed by atoms with Gasteiger partial charge in [-0.1, -0.05) is 18.2 Å². The fourth-order valence-electron chi connectivity index (χ4n) is 3.60. The second-order valence-corrected chi connectivity index (χ2v) is 7.64. The largest absolute Gasteiger partial charge is 0.348 e. The van der Waals surface area contributed by atoms with Gasteiger partial charge in [-0.15, -0.1) is 0 Å². The van der Waals surface area contributed by atoms with E-state index in [-0.39, 0.29) is 5.91 Å². The number of aryl methyl sites for hydroxylation is 3. The first kappa shape index (κ1) is 19.6. The van der Waals surface area contributed by atoms with E-state index in [2.05, 4.69) is 53.2 Å². The molecule has 0 spiro atoms. The SMILES string of the molecule is Cc1cc(C)c(-c2cnc(NC(=O)c3cccc(Cc4ncc[nH]4)c3)n2C)cc1C. The zero-order valence-corrected chi connectivity index (χ0v) is 17.7. The van der Waals surface area contributed by atoms with Crippen LogP contribution in [0, 0.1) is 20.8 Å². The van der Waals surface area contributed by atoms with Crippen LogP contribution in [0.5, 0.6) is 0 Å². The molecule has 4 aromatic rings. The molecule has 0 unspecified atom stereocenters. The molecule has 30 heavy (non-hydrogen) atoms. The number of nitrogens with zero attached hydrogens (tertiary/aromatic N) is 3. The number of hydrogen-bond donors (Lipinski definition) is 2. The highest BCUT2D eigenvalue weighted by atomic mass is 16.1. The third-order valence-electron chi connectivity index (χ3n) is 5.45. The fraction of sp³-hybridized carbons (Fsp3) is 0.208. The van der Waals surface area contributed by atoms with E-state index in [4.69, 9.17) is 0 Å². The van der Waals surface area contributed by atoms with Crippen molar-refractivity contribution in [2.45, 2.75) is 27.2 Å². The molecule has 0 aliphatic rings. The Morgan fingerprint density at radius 2 is 1.87 bits per heavy atom. The lowest BCUT2D eigenvalue weighted by atomic mass is 9.99. The molecule has 152 valence electrons. The summed E-state index contributed by atoms with van der Waals surface area (Å²) in [6.07, 6.45) is 5.97. The molecule has 1 amide bonds. The molecular formula is C24H25N5O. The third kappa shape index (κ3) is 3.89. The van der Waals surface area contributed by atoms with Crippen molar-refractivity contribution in [3.8, 4) is 11.3 Å². The Morgan fingerprint density at radius 1 is 1.07 bits per heavy atom. The molecule has 0 saturated heterocycles. The highest BCUT2D eigenvalue weighted by molar-refractivity contribution is 6.03. The molecule has 0 aliphatic heterocycles. The van der Waals surface area contributed by atoms with E-state index in [1.54, 1.807) is 24.7 Å². The molecule has 0 saturated carbocycles. The highest BCUT2D eigenvalue weighted by Crippen LogP contribution is 2.28. The zero-order chi connectivity index (χ0) is 21.3. The van der Waals surface area contributed by atoms with Crippen molar-refractivity contribution in [2.24, 2.45) is 7.05 Å². The maximum Gasteiger partial charge on any atom is 0.257 e. The van der Waals surface area contributed by atoms with Gasteiger partial charge >= 0.3 is 0 Å². The van der Waals surface area contributed by atoms with Crippen LogP contribution in [0.4, 0.5) is 5.95 Å². The van der Waals surface area contributed by atoms with E-state index >= 15 is 0 Å². The Labute approximate surface area is 176 Å². The van der Waals surface area contributed by atoms with Crippen LogP contribution in [-0.4, -0.2) is 25.4 Å². The van der Waals surface area contributed by atoms with Crippen molar-refractivity contribution in [3.63, 3.8) is 0 Å². The summed E-state index contributed by atoms with van der Waals surface area (Å²) in [5, 5.41) is 2.94. The van der Waals surface area contributed by atoms with Gasteiger partial charge in [0.15, 0.2) is 0 Å². The van der Waals surface area contributed by atoms with Crippen LogP contribution >= 0.6 is 0 Å². The maximum atomic E-state index is 12.8. The Morgan fingerprint density at radius 3 is 2.63 bits per heavy atom. The third-order valence-corrected chi connectivity index (χ3v) is 5.45. The number of benzene rings is 2. The lowest BCUT2D eigenvalue weighted by Gasteiger charge is -2.12. The van der Waals surface area contributed by atoms with Gasteiger partial charge in [-0.25, -0.2) is 9.97 Å². The second kappa shape index (κ2) is 7.99. The van der Waals surface area contributed by atoms with Gasteiger partial charge in [-0.05, 0) is 61.2 Å². The molecule has 0 aliphatic carbocycles. The minimum atomic E-state index is -0.187. The van der Waals surface area contributed by atoms with Crippen LogP contribution in [0.15, 0.2) is 55.0 Å². The van der Waals surface area contributed by atoms with Crippen molar-refractivity contribution >= 4 is 11.9 Å². The van der Waals surface area contributed by atoms with Crippen LogP contribution in [-0.2, 0) is 13.5 Å². The average Bonchev–Trinajstić information content (AvgIpc) is 3.35. The van der Waals surface area contributed by atoms with E-state index < -0.39 is 0 Å². The van der Waals surface area contributed by atoms with Crippen LogP contribution < -0.4 is 5.32 Å². The predicted molar refractivity (Wildman–Crippen MR) is 119 cm³/mol. The van der Waals surface area contributed by atoms with E-state index in [9.17, 15) is 4.79 Å². The molecule has 6 heteroatoms. The fourth-order valence-corrected chi connectivity index (χ4v) is 3.60. The molecule has 0 atom stereocenters. The highest BCUT2D eigenvalue weighted by Gasteiger charge is 2.15. The number of imidazole rings is 2. The van der Waals surface area contributed by atoms with Gasteiger partial charge in [-0.2, -0.15) is 0 Å². The number of aromatic amines is 1. The summed E-state index contributed by atoms with van der Waals surface area (Å²) in [6, 6.07) is 11.9. The van der Waals surface area contributed by atoms with Gasteiger partial charge in [0.2, 0.25) is 5.95 Å². The summed E-state index contributed by atoms with van der Waals surface area (Å²) < 4.78 is 1.92. The minimum absolute atomic E-state index is 0.187. The Bertz CT molecular complexity index is 1200. The predicted octanol–water partition coefficient (Wildman–Crippen LogP) is 4.58. The van der Waals surface area contributed by atoms with Crippen LogP contribution in [0.25, 0.3) is 11.3 Å². The molecular weight excluding hydrogens is 374 g/mol. The molecule has 0 bridgehead atoms. The van der Waals surface area contributed by atoms with Crippen LogP contribution in [0.1, 0.15) is 38.4 Å². The van der Waals surface area contributed by atoms with Gasteiger partial charge in [0, 0.05) is 37.0 Å². The van der Waals surface area contributed by atoms with Crippen LogP contribution in [0.3, 0.4) is 0 Å². The molecule has 2 aromatic carbocycles. The number of H-pyrrole nitrogens is 1. The quantitative estimate of drug-likeness (QED) is 0.516. The molecule has 0 fully saturated rings. The lowest BCUT2D eigenvalue weighted by molar-refractivity contribution is 0.102. The molecule has 0 radical (unpaired) electrons. The number of hydrogen-bond acceptors (Lipinski definition) is 3. The number of amides is 1. The standard InChI is InChI=1S/C24H25N5O/c1-15-10-17(3)20(11-16(15)2)21-14-27-24(29(21)4)28-23(30)19-7-5-6-18(12-19)13-22-25-8-9-26-22/h5-12,14H,13H2,1-4H3,(H,25,26)(H,27,28,30). The zero-order valence-electron chi connectivity index (χ0n) is 17.7. The normalized spacial score (nSPS) is 10.9. The van der Waals surface area contributed by atoms with E-state index in [0.717, 1.165) is 22.6 Å². The van der Waals surface area contributed by atoms with Gasteiger partial charge < -0.3 is 9.55 Å². The molecule has 4 rings (SSSR count). The smallest absolute Gasteiger partial charge is 0.257 e. The summed E-state index contributed by atoms with van der Waals surface area (Å²) in [7, 11) is 1.92. The first-order valence-electron chi connectivity index (χ1n) is 9.91. The number of rotatable bonds is 5. The summed E-state index contributed by atoms with van der Waals surface area (Å²) in [5.74, 6) is 1.20. The van der Waals surface area contributed by atoms with E-state index in [1.807, 2.05) is 29.8 Å². The number of nitrogens with one attached hydrogen (secondary N) is 2. The number of carbonyl (C=O) groups excluding carboxylic acids is 1. The average molecular weight is 399 g/mol. The van der Waals surface area contributed by atoms with Gasteiger partial charge in [0.1, 0.15) is 5.82 Å². The van der Waals surface area contributed by atoms with Crippen molar-refractivity contribution in [1.82, 2.24) is 19.5 Å². The Hall–Kier alpha value is -3.67. The summed E-state index contributed by atoms with van der Waals surface area (Å²) in [5.41, 5.74) is 7.38. The summed E-state index contributed by atoms with van der Waals surface area (Å²) in [6.45, 7) is 6.31.